The molecule has 6 heteroatoms. The van der Waals surface area contributed by atoms with Crippen molar-refractivity contribution in [3.8, 4) is 0 Å². The number of anilines is 2. The van der Waals surface area contributed by atoms with E-state index in [0.29, 0.717) is 11.4 Å². The molecule has 1 rings (SSSR count). The fraction of sp³-hybridized carbons (Fsp3) is 0.308. The monoisotopic (exact) mass is 264 g/mol. The Hall–Kier alpha value is -2.37. The molecule has 102 valence electrons. The van der Waals surface area contributed by atoms with Gasteiger partial charge in [0.05, 0.1) is 6.61 Å². The van der Waals surface area contributed by atoms with E-state index in [1.807, 2.05) is 6.92 Å². The summed E-state index contributed by atoms with van der Waals surface area (Å²) in [6.45, 7) is 4.97. The van der Waals surface area contributed by atoms with Gasteiger partial charge in [-0.15, -0.1) is 0 Å². The lowest BCUT2D eigenvalue weighted by atomic mass is 10.1. The van der Waals surface area contributed by atoms with E-state index in [1.165, 1.54) is 6.92 Å². The van der Waals surface area contributed by atoms with E-state index in [-0.39, 0.29) is 12.5 Å². The highest BCUT2D eigenvalue weighted by atomic mass is 16.5. The normalized spacial score (nSPS) is 9.63. The zero-order valence-electron chi connectivity index (χ0n) is 11.1. The summed E-state index contributed by atoms with van der Waals surface area (Å²) in [5.41, 5.74) is 1.84. The topological polar surface area (TPSA) is 84.5 Å². The Balaban J connectivity index is 2.82. The number of hydrogen-bond acceptors (Lipinski definition) is 4. The van der Waals surface area contributed by atoms with Crippen LogP contribution in [-0.2, 0) is 19.1 Å². The molecule has 0 spiro atoms. The van der Waals surface area contributed by atoms with Gasteiger partial charge in [-0.2, -0.15) is 0 Å². The number of aryl methyl sites for hydroxylation is 1. The maximum atomic E-state index is 11.4. The molecule has 0 bridgehead atoms. The van der Waals surface area contributed by atoms with E-state index in [1.54, 1.807) is 25.1 Å². The van der Waals surface area contributed by atoms with Crippen molar-refractivity contribution in [1.29, 1.82) is 0 Å². The average molecular weight is 264 g/mol. The number of carbonyl (C=O) groups excluding carboxylic acids is 3. The standard InChI is InChI=1S/C13H16N2O4/c1-4-19-13(18)12(17)15-10-6-5-8(2)11(7-10)14-9(3)16/h5-7H,4H2,1-3H3,(H,14,16)(H,15,17). The van der Waals surface area contributed by atoms with Crippen molar-refractivity contribution in [3.63, 3.8) is 0 Å². The third kappa shape index (κ3) is 4.42. The van der Waals surface area contributed by atoms with E-state index in [0.717, 1.165) is 5.56 Å². The van der Waals surface area contributed by atoms with Crippen molar-refractivity contribution in [3.05, 3.63) is 23.8 Å². The SMILES string of the molecule is CCOC(=O)C(=O)Nc1ccc(C)c(NC(C)=O)c1. The molecular weight excluding hydrogens is 248 g/mol. The summed E-state index contributed by atoms with van der Waals surface area (Å²) < 4.78 is 4.57. The van der Waals surface area contributed by atoms with Crippen molar-refractivity contribution in [1.82, 2.24) is 0 Å². The highest BCUT2D eigenvalue weighted by molar-refractivity contribution is 6.37. The van der Waals surface area contributed by atoms with Crippen molar-refractivity contribution in [2.75, 3.05) is 17.2 Å². The van der Waals surface area contributed by atoms with Gasteiger partial charge >= 0.3 is 11.9 Å². The highest BCUT2D eigenvalue weighted by Crippen LogP contribution is 2.20. The first-order valence-corrected chi connectivity index (χ1v) is 5.80. The first-order valence-electron chi connectivity index (χ1n) is 5.80. The van der Waals surface area contributed by atoms with Crippen LogP contribution < -0.4 is 10.6 Å². The number of hydrogen-bond donors (Lipinski definition) is 2. The average Bonchev–Trinajstić information content (AvgIpc) is 2.33. The largest absolute Gasteiger partial charge is 0.459 e. The van der Waals surface area contributed by atoms with Gasteiger partial charge in [0, 0.05) is 18.3 Å². The Morgan fingerprint density at radius 3 is 2.47 bits per heavy atom. The minimum absolute atomic E-state index is 0.136. The third-order valence-electron chi connectivity index (χ3n) is 2.27. The molecule has 0 heterocycles. The first kappa shape index (κ1) is 14.7. The second-order valence-corrected chi connectivity index (χ2v) is 3.89. The van der Waals surface area contributed by atoms with Crippen LogP contribution in [0.5, 0.6) is 0 Å². The Bertz CT molecular complexity index is 511. The lowest BCUT2D eigenvalue weighted by Crippen LogP contribution is -2.25. The number of nitrogens with one attached hydrogen (secondary N) is 2. The molecule has 0 unspecified atom stereocenters. The van der Waals surface area contributed by atoms with Gasteiger partial charge in [0.15, 0.2) is 0 Å². The molecule has 0 saturated heterocycles. The van der Waals surface area contributed by atoms with Crippen LogP contribution in [0.3, 0.4) is 0 Å². The second-order valence-electron chi connectivity index (χ2n) is 3.89. The molecule has 2 amide bonds. The number of ether oxygens (including phenoxy) is 1. The number of esters is 1. The molecule has 0 aliphatic rings. The smallest absolute Gasteiger partial charge is 0.397 e. The van der Waals surface area contributed by atoms with Crippen molar-refractivity contribution in [2.45, 2.75) is 20.8 Å². The number of amides is 2. The maximum Gasteiger partial charge on any atom is 0.397 e. The first-order chi connectivity index (χ1) is 8.93. The summed E-state index contributed by atoms with van der Waals surface area (Å²) in [5.74, 6) is -2.00. The van der Waals surface area contributed by atoms with E-state index in [2.05, 4.69) is 15.4 Å². The molecule has 2 N–H and O–H groups in total. The van der Waals surface area contributed by atoms with Gasteiger partial charge < -0.3 is 15.4 Å². The summed E-state index contributed by atoms with van der Waals surface area (Å²) in [5, 5.41) is 5.04. The Labute approximate surface area is 111 Å². The van der Waals surface area contributed by atoms with Crippen molar-refractivity contribution < 1.29 is 19.1 Å². The molecule has 0 aliphatic carbocycles. The summed E-state index contributed by atoms with van der Waals surface area (Å²) in [7, 11) is 0. The van der Waals surface area contributed by atoms with E-state index >= 15 is 0 Å². The molecule has 1 aromatic carbocycles. The van der Waals surface area contributed by atoms with Gasteiger partial charge in [-0.3, -0.25) is 9.59 Å². The molecule has 1 aromatic rings. The van der Waals surface area contributed by atoms with Crippen LogP contribution in [0.15, 0.2) is 18.2 Å². The van der Waals surface area contributed by atoms with Gasteiger partial charge in [0.1, 0.15) is 0 Å². The molecular formula is C13H16N2O4. The molecule has 0 fully saturated rings. The molecule has 0 radical (unpaired) electrons. The Morgan fingerprint density at radius 1 is 1.21 bits per heavy atom. The van der Waals surface area contributed by atoms with E-state index in [9.17, 15) is 14.4 Å². The number of rotatable bonds is 3. The van der Waals surface area contributed by atoms with Gasteiger partial charge in [-0.1, -0.05) is 6.07 Å². The second kappa shape index (κ2) is 6.53. The van der Waals surface area contributed by atoms with Gasteiger partial charge in [-0.25, -0.2) is 4.79 Å². The highest BCUT2D eigenvalue weighted by Gasteiger charge is 2.15. The fourth-order valence-electron chi connectivity index (χ4n) is 1.40. The van der Waals surface area contributed by atoms with Crippen LogP contribution >= 0.6 is 0 Å². The molecule has 0 saturated carbocycles. The summed E-state index contributed by atoms with van der Waals surface area (Å²) in [6.07, 6.45) is 0. The quantitative estimate of drug-likeness (QED) is 0.639. The molecule has 0 aromatic heterocycles. The lowest BCUT2D eigenvalue weighted by molar-refractivity contribution is -0.152. The maximum absolute atomic E-state index is 11.4. The number of carbonyl (C=O) groups is 3. The number of benzene rings is 1. The summed E-state index contributed by atoms with van der Waals surface area (Å²) in [6, 6.07) is 4.94. The molecule has 19 heavy (non-hydrogen) atoms. The van der Waals surface area contributed by atoms with Crippen LogP contribution in [0, 0.1) is 6.92 Å². The van der Waals surface area contributed by atoms with Crippen LogP contribution in [0.25, 0.3) is 0 Å². The van der Waals surface area contributed by atoms with Crippen LogP contribution in [0.1, 0.15) is 19.4 Å². The van der Waals surface area contributed by atoms with E-state index < -0.39 is 11.9 Å². The van der Waals surface area contributed by atoms with Crippen molar-refractivity contribution in [2.24, 2.45) is 0 Å². The fourth-order valence-corrected chi connectivity index (χ4v) is 1.40. The van der Waals surface area contributed by atoms with Crippen LogP contribution in [0.2, 0.25) is 0 Å². The Kier molecular flexibility index (Phi) is 5.05. The van der Waals surface area contributed by atoms with E-state index in [4.69, 9.17) is 0 Å². The predicted molar refractivity (Wildman–Crippen MR) is 70.7 cm³/mol. The van der Waals surface area contributed by atoms with Crippen LogP contribution in [-0.4, -0.2) is 24.4 Å². The summed E-state index contributed by atoms with van der Waals surface area (Å²) >= 11 is 0. The van der Waals surface area contributed by atoms with Crippen molar-refractivity contribution >= 4 is 29.2 Å². The molecule has 0 aliphatic heterocycles. The zero-order valence-corrected chi connectivity index (χ0v) is 11.1. The molecule has 6 nitrogen and oxygen atoms in total. The zero-order chi connectivity index (χ0) is 14.4. The van der Waals surface area contributed by atoms with Crippen LogP contribution in [0.4, 0.5) is 11.4 Å². The van der Waals surface area contributed by atoms with Gasteiger partial charge in [0.2, 0.25) is 5.91 Å². The summed E-state index contributed by atoms with van der Waals surface area (Å²) in [4.78, 5) is 33.6. The Morgan fingerprint density at radius 2 is 1.89 bits per heavy atom. The van der Waals surface area contributed by atoms with Gasteiger partial charge in [-0.05, 0) is 31.5 Å². The minimum atomic E-state index is -0.941. The lowest BCUT2D eigenvalue weighted by Gasteiger charge is -2.10. The third-order valence-corrected chi connectivity index (χ3v) is 2.27. The predicted octanol–water partition coefficient (Wildman–Crippen LogP) is 1.46. The van der Waals surface area contributed by atoms with Gasteiger partial charge in [0.25, 0.3) is 0 Å². The molecule has 0 atom stereocenters. The minimum Gasteiger partial charge on any atom is -0.459 e.